The van der Waals surface area contributed by atoms with E-state index >= 15 is 0 Å². The third-order valence-electron chi connectivity index (χ3n) is 6.39. The number of hydrogen-bond acceptors (Lipinski definition) is 5. The molecule has 0 heterocycles. The SMILES string of the molecule is CCNC(=O)[C@@H](C)N(Cc1cccc(OC)c1)C(=O)CN(c1cc(C)cc(C)c1)S(=O)(=O)c1ccc(C)cc1. The molecule has 0 fully saturated rings. The van der Waals surface area contributed by atoms with Crippen molar-refractivity contribution in [3.63, 3.8) is 0 Å². The summed E-state index contributed by atoms with van der Waals surface area (Å²) < 4.78 is 34.3. The molecule has 0 aromatic heterocycles. The van der Waals surface area contributed by atoms with E-state index in [0.29, 0.717) is 18.0 Å². The van der Waals surface area contributed by atoms with Crippen LogP contribution < -0.4 is 14.4 Å². The third-order valence-corrected chi connectivity index (χ3v) is 8.18. The van der Waals surface area contributed by atoms with Crippen molar-refractivity contribution in [1.82, 2.24) is 10.2 Å². The molecule has 0 unspecified atom stereocenters. The first-order chi connectivity index (χ1) is 18.5. The van der Waals surface area contributed by atoms with Gasteiger partial charge in [0.1, 0.15) is 18.3 Å². The maximum absolute atomic E-state index is 13.9. The number of methoxy groups -OCH3 is 1. The van der Waals surface area contributed by atoms with Gasteiger partial charge in [0, 0.05) is 13.1 Å². The van der Waals surface area contributed by atoms with E-state index in [1.165, 1.54) is 17.0 Å². The van der Waals surface area contributed by atoms with Gasteiger partial charge in [0.2, 0.25) is 11.8 Å². The van der Waals surface area contributed by atoms with E-state index in [4.69, 9.17) is 4.74 Å². The van der Waals surface area contributed by atoms with Gasteiger partial charge >= 0.3 is 0 Å². The Kier molecular flexibility index (Phi) is 9.75. The fourth-order valence-electron chi connectivity index (χ4n) is 4.33. The molecule has 3 aromatic rings. The summed E-state index contributed by atoms with van der Waals surface area (Å²) in [6, 6.07) is 18.3. The number of rotatable bonds is 11. The van der Waals surface area contributed by atoms with Gasteiger partial charge in [0.15, 0.2) is 0 Å². The highest BCUT2D eigenvalue weighted by molar-refractivity contribution is 7.92. The van der Waals surface area contributed by atoms with Crippen molar-refractivity contribution in [2.75, 3.05) is 24.5 Å². The monoisotopic (exact) mass is 551 g/mol. The van der Waals surface area contributed by atoms with Gasteiger partial charge in [0.05, 0.1) is 17.7 Å². The Hall–Kier alpha value is -3.85. The fraction of sp³-hybridized carbons (Fsp3) is 0.333. The summed E-state index contributed by atoms with van der Waals surface area (Å²) in [5, 5.41) is 2.76. The van der Waals surface area contributed by atoms with E-state index in [0.717, 1.165) is 26.6 Å². The maximum Gasteiger partial charge on any atom is 0.264 e. The molecule has 208 valence electrons. The number of likely N-dealkylation sites (N-methyl/N-ethyl adjacent to an activating group) is 1. The van der Waals surface area contributed by atoms with Gasteiger partial charge in [-0.05, 0) is 87.7 Å². The molecule has 0 radical (unpaired) electrons. The standard InChI is InChI=1S/C30H37N3O5S/c1-7-31-30(35)24(5)32(19-25-9-8-10-27(18-25)38-6)29(34)20-33(26-16-22(3)15-23(4)17-26)39(36,37)28-13-11-21(2)12-14-28/h8-18,24H,7,19-20H2,1-6H3,(H,31,35)/t24-/m1/s1. The average molecular weight is 552 g/mol. The lowest BCUT2D eigenvalue weighted by Gasteiger charge is -2.32. The van der Waals surface area contributed by atoms with Gasteiger partial charge in [-0.15, -0.1) is 0 Å². The van der Waals surface area contributed by atoms with Crippen molar-refractivity contribution >= 4 is 27.5 Å². The molecule has 1 atom stereocenters. The Labute approximate surface area is 231 Å². The van der Waals surface area contributed by atoms with Crippen molar-refractivity contribution in [3.8, 4) is 5.75 Å². The quantitative estimate of drug-likeness (QED) is 0.382. The van der Waals surface area contributed by atoms with Crippen LogP contribution in [0.25, 0.3) is 0 Å². The first-order valence-electron chi connectivity index (χ1n) is 12.8. The zero-order chi connectivity index (χ0) is 28.7. The van der Waals surface area contributed by atoms with Crippen molar-refractivity contribution in [2.24, 2.45) is 0 Å². The van der Waals surface area contributed by atoms with E-state index < -0.39 is 28.5 Å². The number of carbonyl (C=O) groups is 2. The van der Waals surface area contributed by atoms with Crippen LogP contribution in [0.2, 0.25) is 0 Å². The van der Waals surface area contributed by atoms with E-state index in [2.05, 4.69) is 5.32 Å². The number of aryl methyl sites for hydroxylation is 3. The summed E-state index contributed by atoms with van der Waals surface area (Å²) in [5.41, 5.74) is 3.78. The second-order valence-corrected chi connectivity index (χ2v) is 11.5. The Balaban J connectivity index is 2.07. The Morgan fingerprint density at radius 2 is 1.56 bits per heavy atom. The van der Waals surface area contributed by atoms with Crippen molar-refractivity contribution in [1.29, 1.82) is 0 Å². The lowest BCUT2D eigenvalue weighted by Crippen LogP contribution is -2.51. The van der Waals surface area contributed by atoms with Crippen LogP contribution in [-0.2, 0) is 26.2 Å². The molecule has 1 N–H and O–H groups in total. The summed E-state index contributed by atoms with van der Waals surface area (Å²) in [4.78, 5) is 28.3. The van der Waals surface area contributed by atoms with Gasteiger partial charge in [-0.2, -0.15) is 0 Å². The minimum Gasteiger partial charge on any atom is -0.497 e. The zero-order valence-corrected chi connectivity index (χ0v) is 24.2. The molecule has 0 saturated heterocycles. The van der Waals surface area contributed by atoms with Gasteiger partial charge in [-0.1, -0.05) is 35.9 Å². The van der Waals surface area contributed by atoms with Crippen LogP contribution in [0.4, 0.5) is 5.69 Å². The minimum absolute atomic E-state index is 0.0798. The highest BCUT2D eigenvalue weighted by atomic mass is 32.2. The molecule has 0 saturated carbocycles. The van der Waals surface area contributed by atoms with Crippen LogP contribution in [0.3, 0.4) is 0 Å². The molecule has 0 aliphatic carbocycles. The topological polar surface area (TPSA) is 96.0 Å². The number of nitrogens with one attached hydrogen (secondary N) is 1. The lowest BCUT2D eigenvalue weighted by atomic mass is 10.1. The predicted octanol–water partition coefficient (Wildman–Crippen LogP) is 4.37. The number of anilines is 1. The number of nitrogens with zero attached hydrogens (tertiary/aromatic N) is 2. The van der Waals surface area contributed by atoms with Crippen LogP contribution in [0.1, 0.15) is 36.1 Å². The molecule has 2 amide bonds. The first-order valence-corrected chi connectivity index (χ1v) is 14.3. The molecular weight excluding hydrogens is 514 g/mol. The Bertz CT molecular complexity index is 1400. The molecule has 0 aliphatic rings. The van der Waals surface area contributed by atoms with Crippen molar-refractivity contribution < 1.29 is 22.7 Å². The predicted molar refractivity (Wildman–Crippen MR) is 153 cm³/mol. The van der Waals surface area contributed by atoms with E-state index in [1.54, 1.807) is 63.4 Å². The number of amides is 2. The largest absolute Gasteiger partial charge is 0.497 e. The van der Waals surface area contributed by atoms with E-state index in [9.17, 15) is 18.0 Å². The summed E-state index contributed by atoms with van der Waals surface area (Å²) >= 11 is 0. The fourth-order valence-corrected chi connectivity index (χ4v) is 5.73. The van der Waals surface area contributed by atoms with E-state index in [-0.39, 0.29) is 17.3 Å². The van der Waals surface area contributed by atoms with Crippen LogP contribution >= 0.6 is 0 Å². The lowest BCUT2D eigenvalue weighted by molar-refractivity contribution is -0.139. The third kappa shape index (κ3) is 7.38. The molecular formula is C30H37N3O5S. The van der Waals surface area contributed by atoms with E-state index in [1.807, 2.05) is 32.9 Å². The molecule has 8 nitrogen and oxygen atoms in total. The normalized spacial score (nSPS) is 11.9. The van der Waals surface area contributed by atoms with Gasteiger partial charge in [-0.3, -0.25) is 13.9 Å². The molecule has 0 aliphatic heterocycles. The second-order valence-electron chi connectivity index (χ2n) is 9.61. The summed E-state index contributed by atoms with van der Waals surface area (Å²) in [5.74, 6) is -0.219. The Morgan fingerprint density at radius 1 is 0.923 bits per heavy atom. The first kappa shape index (κ1) is 29.7. The van der Waals surface area contributed by atoms with Gasteiger partial charge in [0.25, 0.3) is 10.0 Å². The second kappa shape index (κ2) is 12.8. The number of ether oxygens (including phenoxy) is 1. The molecule has 0 bridgehead atoms. The summed E-state index contributed by atoms with van der Waals surface area (Å²) in [6.07, 6.45) is 0. The van der Waals surface area contributed by atoms with Crippen LogP contribution in [0.5, 0.6) is 5.75 Å². The summed E-state index contributed by atoms with van der Waals surface area (Å²) in [6.45, 7) is 9.09. The molecule has 9 heteroatoms. The average Bonchev–Trinajstić information content (AvgIpc) is 2.89. The molecule has 39 heavy (non-hydrogen) atoms. The number of benzene rings is 3. The number of carbonyl (C=O) groups excluding carboxylic acids is 2. The van der Waals surface area contributed by atoms with Gasteiger partial charge in [-0.25, -0.2) is 8.42 Å². The smallest absolute Gasteiger partial charge is 0.264 e. The Morgan fingerprint density at radius 3 is 2.15 bits per heavy atom. The highest BCUT2D eigenvalue weighted by Gasteiger charge is 2.32. The maximum atomic E-state index is 13.9. The van der Waals surface area contributed by atoms with Crippen molar-refractivity contribution in [3.05, 3.63) is 89.0 Å². The van der Waals surface area contributed by atoms with Crippen LogP contribution in [0, 0.1) is 20.8 Å². The van der Waals surface area contributed by atoms with Crippen molar-refractivity contribution in [2.45, 2.75) is 52.1 Å². The van der Waals surface area contributed by atoms with Crippen LogP contribution in [-0.4, -0.2) is 51.4 Å². The zero-order valence-electron chi connectivity index (χ0n) is 23.4. The molecule has 3 rings (SSSR count). The minimum atomic E-state index is -4.11. The number of sulfonamides is 1. The van der Waals surface area contributed by atoms with Gasteiger partial charge < -0.3 is 15.0 Å². The van der Waals surface area contributed by atoms with Crippen LogP contribution in [0.15, 0.2) is 71.6 Å². The summed E-state index contributed by atoms with van der Waals surface area (Å²) in [7, 11) is -2.55. The molecule has 3 aromatic carbocycles. The number of hydrogen-bond donors (Lipinski definition) is 1. The molecule has 0 spiro atoms. The highest BCUT2D eigenvalue weighted by Crippen LogP contribution is 2.27.